The van der Waals surface area contributed by atoms with Crippen LogP contribution < -0.4 is 29.8 Å². The molecule has 0 heterocycles. The maximum absolute atomic E-state index is 8.55. The zero-order chi connectivity index (χ0) is 8.08. The van der Waals surface area contributed by atoms with Crippen LogP contribution in [0.15, 0.2) is 0 Å². The summed E-state index contributed by atoms with van der Waals surface area (Å²) >= 11 is 0. The van der Waals surface area contributed by atoms with Gasteiger partial charge in [-0.05, 0) is 0 Å². The van der Waals surface area contributed by atoms with Gasteiger partial charge in [0.25, 0.3) is 0 Å². The molecule has 0 aromatic carbocycles. The van der Waals surface area contributed by atoms with Crippen molar-refractivity contribution in [1.82, 2.24) is 0 Å². The average molecular weight is 154 g/mol. The van der Waals surface area contributed by atoms with Crippen LogP contribution in [-0.4, -0.2) is 7.32 Å². The minimum absolute atomic E-state index is 2.92. The van der Waals surface area contributed by atoms with E-state index < -0.39 is 15.1 Å². The number of rotatable bonds is 0. The molecule has 0 aliphatic heterocycles. The quantitative estimate of drug-likeness (QED) is 0.247. The Balaban J connectivity index is 0. The second-order valence-corrected chi connectivity index (χ2v) is 1.63. The molecular formula is BO7P-6. The van der Waals surface area contributed by atoms with E-state index in [1.165, 1.54) is 0 Å². The first kappa shape index (κ1) is 11.8. The van der Waals surface area contributed by atoms with Gasteiger partial charge < -0.3 is 34.3 Å². The molecule has 0 saturated heterocycles. The van der Waals surface area contributed by atoms with Crippen molar-refractivity contribution in [2.24, 2.45) is 0 Å². The van der Waals surface area contributed by atoms with E-state index in [1.807, 2.05) is 0 Å². The Hall–Kier alpha value is 0.0549. The molecule has 7 nitrogen and oxygen atoms in total. The molecule has 0 saturated carbocycles. The van der Waals surface area contributed by atoms with Crippen LogP contribution in [-0.2, 0) is 4.57 Å². The molecule has 0 amide bonds. The van der Waals surface area contributed by atoms with Crippen LogP contribution in [0.3, 0.4) is 0 Å². The van der Waals surface area contributed by atoms with Gasteiger partial charge in [0.15, 0.2) is 0 Å². The Kier molecular flexibility index (Phi) is 6.41. The molecule has 0 unspecified atom stereocenters. The molecule has 0 spiro atoms. The van der Waals surface area contributed by atoms with Gasteiger partial charge in [0.05, 0.1) is 0 Å². The van der Waals surface area contributed by atoms with E-state index in [2.05, 4.69) is 0 Å². The Morgan fingerprint density at radius 2 is 1.00 bits per heavy atom. The fourth-order valence-corrected chi connectivity index (χ4v) is 0. The summed E-state index contributed by atoms with van der Waals surface area (Å²) in [5, 5.41) is 25.2. The molecule has 0 aromatic rings. The van der Waals surface area contributed by atoms with E-state index in [4.69, 9.17) is 34.3 Å². The van der Waals surface area contributed by atoms with Gasteiger partial charge in [-0.25, -0.2) is 0 Å². The van der Waals surface area contributed by atoms with Crippen LogP contribution in [0.4, 0.5) is 0 Å². The van der Waals surface area contributed by atoms with Crippen LogP contribution in [0, 0.1) is 0 Å². The third-order valence-electron chi connectivity index (χ3n) is 0. The van der Waals surface area contributed by atoms with Crippen LogP contribution in [0.1, 0.15) is 0 Å². The fraction of sp³-hybridized carbons (Fsp3) is 0. The van der Waals surface area contributed by atoms with E-state index >= 15 is 0 Å². The summed E-state index contributed by atoms with van der Waals surface area (Å²) in [6, 6.07) is 0. The molecule has 56 valence electrons. The van der Waals surface area contributed by atoms with Crippen molar-refractivity contribution in [3.05, 3.63) is 0 Å². The van der Waals surface area contributed by atoms with Crippen LogP contribution >= 0.6 is 7.82 Å². The lowest BCUT2D eigenvalue weighted by atomic mass is 10.3. The van der Waals surface area contributed by atoms with Crippen LogP contribution in [0.2, 0.25) is 0 Å². The summed E-state index contributed by atoms with van der Waals surface area (Å²) in [7, 11) is -8.31. The largest absolute Gasteiger partial charge is 0.907 e. The molecule has 0 aliphatic carbocycles. The normalized spacial score (nSPS) is 9.56. The molecule has 0 aliphatic rings. The highest BCUT2D eigenvalue weighted by Gasteiger charge is 1.44. The molecule has 0 aromatic heterocycles. The minimum atomic E-state index is -5.39. The average Bonchev–Trinajstić information content (AvgIpc) is 1.19. The summed E-state index contributed by atoms with van der Waals surface area (Å²) < 4.78 is 8.55. The SMILES string of the molecule is O=P([O-])([O-])[O-].[O-]B([O-])[O-]. The molecule has 9 heavy (non-hydrogen) atoms. The van der Waals surface area contributed by atoms with Gasteiger partial charge in [0.1, 0.15) is 0 Å². The standard InChI is InChI=1S/BO3.H3O4P/c2-1(3)4;1-5(2,3)4/h;(H3,1,2,3,4)/q-3;/p-3. The van der Waals surface area contributed by atoms with Gasteiger partial charge >= 0.3 is 0 Å². The van der Waals surface area contributed by atoms with Gasteiger partial charge in [-0.2, -0.15) is 7.82 Å². The third kappa shape index (κ3) is 97900. The summed E-state index contributed by atoms with van der Waals surface area (Å²) in [5.41, 5.74) is 0. The lowest BCUT2D eigenvalue weighted by molar-refractivity contribution is -0.479. The minimum Gasteiger partial charge on any atom is -0.907 e. The second-order valence-electron chi connectivity index (χ2n) is 0.736. The van der Waals surface area contributed by atoms with Crippen molar-refractivity contribution in [1.29, 1.82) is 0 Å². The number of phosphoric acid groups is 1. The van der Waals surface area contributed by atoms with E-state index in [0.29, 0.717) is 0 Å². The second kappa shape index (κ2) is 4.89. The Labute approximate surface area is 50.6 Å². The first-order valence-corrected chi connectivity index (χ1v) is 2.90. The zero-order valence-corrected chi connectivity index (χ0v) is 4.78. The van der Waals surface area contributed by atoms with Crippen molar-refractivity contribution in [3.8, 4) is 0 Å². The van der Waals surface area contributed by atoms with Gasteiger partial charge in [0.2, 0.25) is 0 Å². The van der Waals surface area contributed by atoms with Crippen molar-refractivity contribution in [2.45, 2.75) is 0 Å². The first-order valence-electron chi connectivity index (χ1n) is 1.44. The van der Waals surface area contributed by atoms with E-state index in [9.17, 15) is 0 Å². The third-order valence-corrected chi connectivity index (χ3v) is 0. The molecule has 0 N–H and O–H groups in total. The predicted octanol–water partition coefficient (Wildman–Crippen LogP) is -6.77. The summed E-state index contributed by atoms with van der Waals surface area (Å²) in [6.45, 7) is 0. The van der Waals surface area contributed by atoms with E-state index in [0.717, 1.165) is 0 Å². The monoisotopic (exact) mass is 154 g/mol. The smallest absolute Gasteiger partial charge is 0.159 e. The topological polar surface area (TPSA) is 155 Å². The molecule has 0 fully saturated rings. The Morgan fingerprint density at radius 3 is 1.00 bits per heavy atom. The van der Waals surface area contributed by atoms with Crippen LogP contribution in [0.25, 0.3) is 0 Å². The molecular weight excluding hydrogens is 154 g/mol. The maximum Gasteiger partial charge on any atom is -0.159 e. The highest BCUT2D eigenvalue weighted by molar-refractivity contribution is 7.40. The number of hydrogen-bond acceptors (Lipinski definition) is 7. The van der Waals surface area contributed by atoms with Gasteiger partial charge in [0, 0.05) is 0 Å². The molecule has 0 atom stereocenters. The van der Waals surface area contributed by atoms with E-state index in [-0.39, 0.29) is 0 Å². The van der Waals surface area contributed by atoms with Crippen molar-refractivity contribution < 1.29 is 34.3 Å². The highest BCUT2D eigenvalue weighted by Crippen LogP contribution is 2.03. The van der Waals surface area contributed by atoms with Gasteiger partial charge in [-0.3, -0.25) is 7.32 Å². The summed E-state index contributed by atoms with van der Waals surface area (Å²) in [4.78, 5) is 25.6. The Morgan fingerprint density at radius 1 is 1.00 bits per heavy atom. The van der Waals surface area contributed by atoms with Crippen molar-refractivity contribution in [2.75, 3.05) is 0 Å². The Bertz CT molecular complexity index is 80.1. The van der Waals surface area contributed by atoms with Gasteiger partial charge in [-0.15, -0.1) is 0 Å². The van der Waals surface area contributed by atoms with Gasteiger partial charge in [-0.1, -0.05) is 0 Å². The van der Waals surface area contributed by atoms with Crippen LogP contribution in [0.5, 0.6) is 0 Å². The molecule has 0 bridgehead atoms. The van der Waals surface area contributed by atoms with Crippen molar-refractivity contribution >= 4 is 15.1 Å². The predicted molar refractivity (Wildman–Crippen MR) is 13.4 cm³/mol. The zero-order valence-electron chi connectivity index (χ0n) is 3.88. The highest BCUT2D eigenvalue weighted by atomic mass is 31.2. The fourth-order valence-electron chi connectivity index (χ4n) is 0. The number of hydrogen-bond donors (Lipinski definition) is 0. The molecule has 9 heteroatoms. The van der Waals surface area contributed by atoms with E-state index in [1.54, 1.807) is 0 Å². The molecule has 0 rings (SSSR count). The van der Waals surface area contributed by atoms with Crippen molar-refractivity contribution in [3.63, 3.8) is 0 Å². The first-order chi connectivity index (χ1) is 3.73. The summed E-state index contributed by atoms with van der Waals surface area (Å²) in [6.07, 6.45) is 0. The lowest BCUT2D eigenvalue weighted by Crippen LogP contribution is -2.56. The summed E-state index contributed by atoms with van der Waals surface area (Å²) in [5.74, 6) is 0. The maximum atomic E-state index is 8.55. The molecule has 0 radical (unpaired) electrons. The lowest BCUT2D eigenvalue weighted by Gasteiger charge is -2.36.